The highest BCUT2D eigenvalue weighted by Crippen LogP contribution is 2.19. The predicted molar refractivity (Wildman–Crippen MR) is 101 cm³/mol. The molecule has 1 saturated heterocycles. The van der Waals surface area contributed by atoms with Crippen LogP contribution in [-0.2, 0) is 4.79 Å². The maximum absolute atomic E-state index is 12.5. The Morgan fingerprint density at radius 1 is 0.962 bits per heavy atom. The van der Waals surface area contributed by atoms with E-state index in [0.29, 0.717) is 17.1 Å². The van der Waals surface area contributed by atoms with E-state index >= 15 is 0 Å². The summed E-state index contributed by atoms with van der Waals surface area (Å²) in [6.45, 7) is 3.35. The molecule has 0 unspecified atom stereocenters. The van der Waals surface area contributed by atoms with Crippen molar-refractivity contribution in [1.82, 2.24) is 9.97 Å². The molecule has 1 aliphatic heterocycles. The molecule has 0 aliphatic carbocycles. The van der Waals surface area contributed by atoms with E-state index in [4.69, 9.17) is 0 Å². The van der Waals surface area contributed by atoms with Gasteiger partial charge in [-0.3, -0.25) is 9.59 Å². The van der Waals surface area contributed by atoms with E-state index < -0.39 is 0 Å². The van der Waals surface area contributed by atoms with Crippen LogP contribution in [0.5, 0.6) is 0 Å². The average molecular weight is 353 g/mol. The number of aromatic nitrogens is 2. The molecule has 1 aliphatic rings. The van der Waals surface area contributed by atoms with Crippen LogP contribution in [0.15, 0.2) is 36.7 Å². The number of nitrogens with one attached hydrogen (secondary N) is 2. The van der Waals surface area contributed by atoms with E-state index in [1.54, 1.807) is 30.3 Å². The summed E-state index contributed by atoms with van der Waals surface area (Å²) < 4.78 is 0. The third-order valence-electron chi connectivity index (χ3n) is 4.26. The molecule has 2 amide bonds. The van der Waals surface area contributed by atoms with Gasteiger partial charge in [0.15, 0.2) is 0 Å². The molecule has 2 aromatic rings. The average Bonchev–Trinajstić information content (AvgIpc) is 2.91. The second-order valence-electron chi connectivity index (χ2n) is 6.38. The maximum Gasteiger partial charge on any atom is 0.274 e. The molecule has 26 heavy (non-hydrogen) atoms. The fraction of sp³-hybridized carbons (Fsp3) is 0.368. The monoisotopic (exact) mass is 353 g/mol. The topological polar surface area (TPSA) is 87.2 Å². The summed E-state index contributed by atoms with van der Waals surface area (Å²) in [7, 11) is 0. The van der Waals surface area contributed by atoms with E-state index in [2.05, 4.69) is 25.5 Å². The standard InChI is InChI=1S/C19H23N5O2/c1-14(25)22-15-7-6-8-16(11-15)23-19(26)17-12-18(21-13-20-17)24-9-4-2-3-5-10-24/h6-8,11-13H,2-5,9-10H2,1H3,(H,22,25)(H,23,26). The lowest BCUT2D eigenvalue weighted by atomic mass is 10.2. The maximum atomic E-state index is 12.5. The number of anilines is 3. The molecule has 1 aromatic heterocycles. The summed E-state index contributed by atoms with van der Waals surface area (Å²) in [5.74, 6) is 0.328. The number of carbonyl (C=O) groups excluding carboxylic acids is 2. The number of benzene rings is 1. The molecule has 0 atom stereocenters. The van der Waals surface area contributed by atoms with Gasteiger partial charge >= 0.3 is 0 Å². The van der Waals surface area contributed by atoms with Crippen LogP contribution in [0.2, 0.25) is 0 Å². The lowest BCUT2D eigenvalue weighted by Crippen LogP contribution is -2.25. The molecule has 0 radical (unpaired) electrons. The number of hydrogen-bond donors (Lipinski definition) is 2. The van der Waals surface area contributed by atoms with Gasteiger partial charge in [-0.2, -0.15) is 0 Å². The van der Waals surface area contributed by atoms with Crippen LogP contribution in [0.3, 0.4) is 0 Å². The predicted octanol–water partition coefficient (Wildman–Crippen LogP) is 3.07. The van der Waals surface area contributed by atoms with Crippen molar-refractivity contribution in [1.29, 1.82) is 0 Å². The number of nitrogens with zero attached hydrogens (tertiary/aromatic N) is 3. The Morgan fingerprint density at radius 2 is 1.65 bits per heavy atom. The Balaban J connectivity index is 1.72. The largest absolute Gasteiger partial charge is 0.357 e. The summed E-state index contributed by atoms with van der Waals surface area (Å²) in [4.78, 5) is 34.3. The van der Waals surface area contributed by atoms with Gasteiger partial charge in [0.2, 0.25) is 5.91 Å². The lowest BCUT2D eigenvalue weighted by molar-refractivity contribution is -0.114. The first-order valence-electron chi connectivity index (χ1n) is 8.88. The molecule has 0 bridgehead atoms. The first-order valence-corrected chi connectivity index (χ1v) is 8.88. The first kappa shape index (κ1) is 17.8. The van der Waals surface area contributed by atoms with E-state index in [1.807, 2.05) is 0 Å². The van der Waals surface area contributed by atoms with Crippen molar-refractivity contribution in [3.05, 3.63) is 42.4 Å². The highest BCUT2D eigenvalue weighted by molar-refractivity contribution is 6.03. The van der Waals surface area contributed by atoms with E-state index in [1.165, 1.54) is 26.1 Å². The molecule has 1 aromatic carbocycles. The number of amides is 2. The number of carbonyl (C=O) groups is 2. The Labute approximate surface area is 152 Å². The molecule has 7 heteroatoms. The molecule has 2 heterocycles. The summed E-state index contributed by atoms with van der Waals surface area (Å²) in [6, 6.07) is 8.73. The van der Waals surface area contributed by atoms with Gasteiger partial charge in [-0.05, 0) is 31.0 Å². The minimum absolute atomic E-state index is 0.161. The summed E-state index contributed by atoms with van der Waals surface area (Å²) in [5, 5.41) is 5.51. The fourth-order valence-corrected chi connectivity index (χ4v) is 3.02. The minimum Gasteiger partial charge on any atom is -0.357 e. The molecule has 7 nitrogen and oxygen atoms in total. The van der Waals surface area contributed by atoms with Crippen molar-refractivity contribution in [3.63, 3.8) is 0 Å². The zero-order valence-corrected chi connectivity index (χ0v) is 14.9. The van der Waals surface area contributed by atoms with Crippen LogP contribution in [0.4, 0.5) is 17.2 Å². The molecule has 0 saturated carbocycles. The summed E-state index contributed by atoms with van der Waals surface area (Å²) >= 11 is 0. The van der Waals surface area contributed by atoms with Crippen molar-refractivity contribution in [2.24, 2.45) is 0 Å². The SMILES string of the molecule is CC(=O)Nc1cccc(NC(=O)c2cc(N3CCCCCC3)ncn2)c1. The highest BCUT2D eigenvalue weighted by atomic mass is 16.2. The van der Waals surface area contributed by atoms with Crippen molar-refractivity contribution in [2.75, 3.05) is 28.6 Å². The Hall–Kier alpha value is -2.96. The molecular weight excluding hydrogens is 330 g/mol. The zero-order valence-electron chi connectivity index (χ0n) is 14.9. The molecule has 1 fully saturated rings. The van der Waals surface area contributed by atoms with Crippen LogP contribution >= 0.6 is 0 Å². The zero-order chi connectivity index (χ0) is 18.4. The van der Waals surface area contributed by atoms with E-state index in [9.17, 15) is 9.59 Å². The van der Waals surface area contributed by atoms with Crippen molar-refractivity contribution in [2.45, 2.75) is 32.6 Å². The van der Waals surface area contributed by atoms with Crippen molar-refractivity contribution < 1.29 is 9.59 Å². The Bertz CT molecular complexity index is 785. The second-order valence-corrected chi connectivity index (χ2v) is 6.38. The minimum atomic E-state index is -0.302. The van der Waals surface area contributed by atoms with Crippen LogP contribution < -0.4 is 15.5 Å². The van der Waals surface area contributed by atoms with Crippen LogP contribution in [0, 0.1) is 0 Å². The van der Waals surface area contributed by atoms with Crippen molar-refractivity contribution in [3.8, 4) is 0 Å². The molecular formula is C19H23N5O2. The third-order valence-corrected chi connectivity index (χ3v) is 4.26. The number of hydrogen-bond acceptors (Lipinski definition) is 5. The fourth-order valence-electron chi connectivity index (χ4n) is 3.02. The first-order chi connectivity index (χ1) is 12.6. The van der Waals surface area contributed by atoms with Crippen LogP contribution in [0.25, 0.3) is 0 Å². The smallest absolute Gasteiger partial charge is 0.274 e. The Kier molecular flexibility index (Phi) is 5.78. The normalized spacial score (nSPS) is 14.4. The molecule has 0 spiro atoms. The van der Waals surface area contributed by atoms with E-state index in [-0.39, 0.29) is 11.8 Å². The van der Waals surface area contributed by atoms with Gasteiger partial charge in [0.25, 0.3) is 5.91 Å². The van der Waals surface area contributed by atoms with Gasteiger partial charge in [0, 0.05) is 37.5 Å². The third kappa shape index (κ3) is 4.78. The van der Waals surface area contributed by atoms with Gasteiger partial charge < -0.3 is 15.5 Å². The number of rotatable bonds is 4. The summed E-state index contributed by atoms with van der Waals surface area (Å²) in [5.41, 5.74) is 1.55. The highest BCUT2D eigenvalue weighted by Gasteiger charge is 2.15. The Morgan fingerprint density at radius 3 is 2.35 bits per heavy atom. The van der Waals surface area contributed by atoms with Crippen LogP contribution in [0.1, 0.15) is 43.1 Å². The van der Waals surface area contributed by atoms with Gasteiger partial charge in [-0.1, -0.05) is 18.9 Å². The second kappa shape index (κ2) is 8.42. The van der Waals surface area contributed by atoms with Gasteiger partial charge in [0.05, 0.1) is 0 Å². The molecule has 2 N–H and O–H groups in total. The van der Waals surface area contributed by atoms with Crippen LogP contribution in [-0.4, -0.2) is 34.9 Å². The lowest BCUT2D eigenvalue weighted by Gasteiger charge is -2.21. The van der Waals surface area contributed by atoms with Gasteiger partial charge in [-0.25, -0.2) is 9.97 Å². The molecule has 136 valence electrons. The van der Waals surface area contributed by atoms with Gasteiger partial charge in [-0.15, -0.1) is 0 Å². The van der Waals surface area contributed by atoms with E-state index in [0.717, 1.165) is 31.7 Å². The summed E-state index contributed by atoms with van der Waals surface area (Å²) in [6.07, 6.45) is 6.19. The van der Waals surface area contributed by atoms with Gasteiger partial charge in [0.1, 0.15) is 17.8 Å². The van der Waals surface area contributed by atoms with Crippen molar-refractivity contribution >= 4 is 29.0 Å². The molecule has 3 rings (SSSR count). The quantitative estimate of drug-likeness (QED) is 0.882.